The number of halogens is 2. The Bertz CT molecular complexity index is 734. The van der Waals surface area contributed by atoms with E-state index in [1.54, 1.807) is 42.5 Å². The second-order valence-electron chi connectivity index (χ2n) is 4.88. The fourth-order valence-corrected chi connectivity index (χ4v) is 3.10. The Balaban J connectivity index is 2.23. The Morgan fingerprint density at radius 3 is 2.52 bits per heavy atom. The minimum absolute atomic E-state index is 0.200. The summed E-state index contributed by atoms with van der Waals surface area (Å²) in [4.78, 5) is 24.6. The fraction of sp³-hybridized carbons (Fsp3) is 0.176. The van der Waals surface area contributed by atoms with E-state index in [2.05, 4.69) is 33.2 Å². The number of hydrogen-bond acceptors (Lipinski definition) is 2. The second kappa shape index (κ2) is 8.31. The highest BCUT2D eigenvalue weighted by Gasteiger charge is 2.15. The molecule has 23 heavy (non-hydrogen) atoms. The number of para-hydroxylation sites is 1. The summed E-state index contributed by atoms with van der Waals surface area (Å²) in [6, 6.07) is 12.0. The van der Waals surface area contributed by atoms with Crippen molar-refractivity contribution in [1.82, 2.24) is 5.32 Å². The predicted molar refractivity (Wildman–Crippen MR) is 101 cm³/mol. The maximum absolute atomic E-state index is 12.4. The van der Waals surface area contributed by atoms with Crippen LogP contribution in [0.4, 0.5) is 5.69 Å². The van der Waals surface area contributed by atoms with Gasteiger partial charge in [0.05, 0.1) is 16.8 Å². The van der Waals surface area contributed by atoms with Crippen LogP contribution in [0, 0.1) is 3.57 Å². The maximum Gasteiger partial charge on any atom is 0.256 e. The highest BCUT2D eigenvalue weighted by molar-refractivity contribution is 14.1. The van der Waals surface area contributed by atoms with Gasteiger partial charge in [-0.25, -0.2) is 0 Å². The van der Waals surface area contributed by atoms with Crippen molar-refractivity contribution >= 4 is 51.7 Å². The molecule has 120 valence electrons. The lowest BCUT2D eigenvalue weighted by molar-refractivity contribution is 0.0954. The number of nitrogens with one attached hydrogen (secondary N) is 2. The average molecular weight is 443 g/mol. The topological polar surface area (TPSA) is 58.2 Å². The van der Waals surface area contributed by atoms with E-state index >= 15 is 0 Å². The molecule has 0 aromatic heterocycles. The van der Waals surface area contributed by atoms with Crippen LogP contribution in [0.3, 0.4) is 0 Å². The third-order valence-corrected chi connectivity index (χ3v) is 4.26. The van der Waals surface area contributed by atoms with Crippen LogP contribution in [0.2, 0.25) is 5.02 Å². The Morgan fingerprint density at radius 2 is 1.83 bits per heavy atom. The van der Waals surface area contributed by atoms with E-state index in [1.165, 1.54) is 0 Å². The van der Waals surface area contributed by atoms with Gasteiger partial charge in [0, 0.05) is 15.1 Å². The minimum Gasteiger partial charge on any atom is -0.352 e. The van der Waals surface area contributed by atoms with Crippen molar-refractivity contribution in [3.05, 3.63) is 62.2 Å². The Hall–Kier alpha value is -1.60. The van der Waals surface area contributed by atoms with Crippen molar-refractivity contribution in [3.63, 3.8) is 0 Å². The largest absolute Gasteiger partial charge is 0.352 e. The molecule has 0 atom stereocenters. The van der Waals surface area contributed by atoms with Gasteiger partial charge in [0.2, 0.25) is 0 Å². The van der Waals surface area contributed by atoms with Gasteiger partial charge in [-0.05, 0) is 59.3 Å². The minimum atomic E-state index is -0.276. The molecule has 6 heteroatoms. The Morgan fingerprint density at radius 1 is 1.09 bits per heavy atom. The number of benzene rings is 2. The van der Waals surface area contributed by atoms with Crippen LogP contribution in [0.25, 0.3) is 0 Å². The second-order valence-corrected chi connectivity index (χ2v) is 6.48. The van der Waals surface area contributed by atoms with Gasteiger partial charge >= 0.3 is 0 Å². The summed E-state index contributed by atoms with van der Waals surface area (Å²) in [6.07, 6.45) is 0.850. The van der Waals surface area contributed by atoms with Gasteiger partial charge in [0.1, 0.15) is 0 Å². The lowest BCUT2D eigenvalue weighted by atomic mass is 10.1. The number of hydrogen-bond donors (Lipinski definition) is 2. The molecular weight excluding hydrogens is 427 g/mol. The van der Waals surface area contributed by atoms with Crippen LogP contribution in [-0.2, 0) is 0 Å². The Kier molecular flexibility index (Phi) is 6.41. The smallest absolute Gasteiger partial charge is 0.256 e. The maximum atomic E-state index is 12.4. The van der Waals surface area contributed by atoms with Crippen molar-refractivity contribution < 1.29 is 9.59 Å². The van der Waals surface area contributed by atoms with E-state index in [1.807, 2.05) is 6.92 Å². The normalized spacial score (nSPS) is 10.2. The molecule has 0 heterocycles. The standard InChI is InChI=1S/C17H16ClIN2O2/c1-2-9-20-16(22)13-5-3-4-6-15(13)21-17(23)12-8-7-11(18)10-14(12)19/h3-8,10H,2,9H2,1H3,(H,20,22)(H,21,23). The van der Waals surface area contributed by atoms with Crippen LogP contribution in [-0.4, -0.2) is 18.4 Å². The number of rotatable bonds is 5. The summed E-state index contributed by atoms with van der Waals surface area (Å²) in [6.45, 7) is 2.58. The molecule has 0 spiro atoms. The average Bonchev–Trinajstić information content (AvgIpc) is 2.53. The summed E-state index contributed by atoms with van der Waals surface area (Å²) in [7, 11) is 0. The van der Waals surface area contributed by atoms with E-state index in [0.29, 0.717) is 28.4 Å². The molecule has 0 unspecified atom stereocenters. The highest BCUT2D eigenvalue weighted by atomic mass is 127. The zero-order valence-electron chi connectivity index (χ0n) is 12.5. The number of carbonyl (C=O) groups excluding carboxylic acids is 2. The van der Waals surface area contributed by atoms with Crippen molar-refractivity contribution in [1.29, 1.82) is 0 Å². The van der Waals surface area contributed by atoms with Gasteiger partial charge in [0.15, 0.2) is 0 Å². The molecule has 2 aromatic rings. The quantitative estimate of drug-likeness (QED) is 0.677. The number of carbonyl (C=O) groups is 2. The Labute approximate surface area is 153 Å². The first-order chi connectivity index (χ1) is 11.0. The summed E-state index contributed by atoms with van der Waals surface area (Å²) in [5, 5.41) is 6.18. The molecule has 0 fully saturated rings. The first-order valence-corrected chi connectivity index (χ1v) is 8.62. The van der Waals surface area contributed by atoms with Gasteiger partial charge in [0.25, 0.3) is 11.8 Å². The third kappa shape index (κ3) is 4.68. The lowest BCUT2D eigenvalue weighted by Crippen LogP contribution is -2.26. The van der Waals surface area contributed by atoms with Gasteiger partial charge in [-0.1, -0.05) is 30.7 Å². The predicted octanol–water partition coefficient (Wildman–Crippen LogP) is 4.34. The van der Waals surface area contributed by atoms with E-state index < -0.39 is 0 Å². The summed E-state index contributed by atoms with van der Waals surface area (Å²) in [5.41, 5.74) is 1.44. The van der Waals surface area contributed by atoms with E-state index in [0.717, 1.165) is 9.99 Å². The van der Waals surface area contributed by atoms with Crippen LogP contribution in [0.15, 0.2) is 42.5 Å². The molecule has 0 saturated heterocycles. The van der Waals surface area contributed by atoms with Crippen molar-refractivity contribution in [2.75, 3.05) is 11.9 Å². The zero-order valence-corrected chi connectivity index (χ0v) is 15.4. The zero-order chi connectivity index (χ0) is 16.8. The number of anilines is 1. The molecule has 0 aliphatic rings. The SMILES string of the molecule is CCCNC(=O)c1ccccc1NC(=O)c1ccc(Cl)cc1I. The summed E-state index contributed by atoms with van der Waals surface area (Å²) < 4.78 is 0.750. The third-order valence-electron chi connectivity index (χ3n) is 3.13. The van der Waals surface area contributed by atoms with E-state index in [-0.39, 0.29) is 11.8 Å². The molecule has 2 amide bonds. The van der Waals surface area contributed by atoms with Crippen molar-refractivity contribution in [3.8, 4) is 0 Å². The molecular formula is C17H16ClIN2O2. The van der Waals surface area contributed by atoms with E-state index in [4.69, 9.17) is 11.6 Å². The molecule has 4 nitrogen and oxygen atoms in total. The van der Waals surface area contributed by atoms with Gasteiger partial charge in [-0.2, -0.15) is 0 Å². The molecule has 0 aliphatic heterocycles. The lowest BCUT2D eigenvalue weighted by Gasteiger charge is -2.12. The first-order valence-electron chi connectivity index (χ1n) is 7.16. The molecule has 2 aromatic carbocycles. The van der Waals surface area contributed by atoms with Crippen molar-refractivity contribution in [2.45, 2.75) is 13.3 Å². The van der Waals surface area contributed by atoms with Gasteiger partial charge in [-0.3, -0.25) is 9.59 Å². The summed E-state index contributed by atoms with van der Waals surface area (Å²) in [5.74, 6) is -0.477. The van der Waals surface area contributed by atoms with Gasteiger partial charge in [-0.15, -0.1) is 0 Å². The van der Waals surface area contributed by atoms with Crippen molar-refractivity contribution in [2.24, 2.45) is 0 Å². The molecule has 2 N–H and O–H groups in total. The monoisotopic (exact) mass is 442 g/mol. The molecule has 0 saturated carbocycles. The molecule has 0 aliphatic carbocycles. The highest BCUT2D eigenvalue weighted by Crippen LogP contribution is 2.21. The molecule has 2 rings (SSSR count). The summed E-state index contributed by atoms with van der Waals surface area (Å²) >= 11 is 7.97. The van der Waals surface area contributed by atoms with E-state index in [9.17, 15) is 9.59 Å². The molecule has 0 bridgehead atoms. The van der Waals surface area contributed by atoms with Crippen LogP contribution in [0.5, 0.6) is 0 Å². The first kappa shape index (κ1) is 17.7. The number of amides is 2. The fourth-order valence-electron chi connectivity index (χ4n) is 1.99. The van der Waals surface area contributed by atoms with Crippen LogP contribution < -0.4 is 10.6 Å². The van der Waals surface area contributed by atoms with Crippen LogP contribution in [0.1, 0.15) is 34.1 Å². The molecule has 0 radical (unpaired) electrons. The van der Waals surface area contributed by atoms with Crippen LogP contribution >= 0.6 is 34.2 Å². The van der Waals surface area contributed by atoms with Gasteiger partial charge < -0.3 is 10.6 Å².